The van der Waals surface area contributed by atoms with Crippen molar-refractivity contribution >= 4 is 17.7 Å². The second-order valence-electron chi connectivity index (χ2n) is 10.5. The lowest BCUT2D eigenvalue weighted by Crippen LogP contribution is -2.28. The Morgan fingerprint density at radius 1 is 1.16 bits per heavy atom. The number of hydrogen-bond donors (Lipinski definition) is 2. The number of nitrogens with zero attached hydrogens (tertiary/aromatic N) is 4. The van der Waals surface area contributed by atoms with Crippen molar-refractivity contribution in [3.8, 4) is 5.75 Å². The maximum absolute atomic E-state index is 13.2. The van der Waals surface area contributed by atoms with Gasteiger partial charge in [-0.2, -0.15) is 4.98 Å². The summed E-state index contributed by atoms with van der Waals surface area (Å²) in [5, 5.41) is 6.02. The molecule has 3 heterocycles. The molecule has 1 aromatic carbocycles. The van der Waals surface area contributed by atoms with Gasteiger partial charge in [0.15, 0.2) is 0 Å². The van der Waals surface area contributed by atoms with Crippen LogP contribution in [0.1, 0.15) is 70.3 Å². The van der Waals surface area contributed by atoms with Gasteiger partial charge in [0, 0.05) is 49.1 Å². The smallest absolute Gasteiger partial charge is 0.328 e. The van der Waals surface area contributed by atoms with Gasteiger partial charge in [-0.15, -0.1) is 0 Å². The summed E-state index contributed by atoms with van der Waals surface area (Å²) in [6.07, 6.45) is 6.85. The fraction of sp³-hybridized carbons (Fsp3) is 0.500. The number of ether oxygens (including phenoxy) is 1. The molecule has 3 aromatic rings. The highest BCUT2D eigenvalue weighted by atomic mass is 16.5. The lowest BCUT2D eigenvalue weighted by atomic mass is 9.96. The number of anilines is 2. The topological polar surface area (TPSA) is 103 Å². The third kappa shape index (κ3) is 6.21. The molecule has 0 radical (unpaired) electrons. The number of hydrogen-bond acceptors (Lipinski definition) is 6. The first-order valence-corrected chi connectivity index (χ1v) is 13.2. The fourth-order valence-electron chi connectivity index (χ4n) is 4.48. The highest BCUT2D eigenvalue weighted by Gasteiger charge is 2.22. The molecular formula is C28H38N6O3. The van der Waals surface area contributed by atoms with Crippen LogP contribution in [0.25, 0.3) is 0 Å². The van der Waals surface area contributed by atoms with Crippen molar-refractivity contribution in [3.63, 3.8) is 0 Å². The number of benzene rings is 1. The van der Waals surface area contributed by atoms with Crippen LogP contribution < -0.4 is 21.1 Å². The zero-order valence-electron chi connectivity index (χ0n) is 22.5. The molecule has 1 aliphatic rings. The van der Waals surface area contributed by atoms with Crippen LogP contribution in [-0.4, -0.2) is 38.2 Å². The van der Waals surface area contributed by atoms with E-state index in [1.165, 1.54) is 5.56 Å². The molecule has 2 N–H and O–H groups in total. The Bertz CT molecular complexity index is 1300. The molecular weight excluding hydrogens is 468 g/mol. The zero-order valence-corrected chi connectivity index (χ0v) is 22.5. The van der Waals surface area contributed by atoms with Gasteiger partial charge in [0.05, 0.1) is 12.6 Å². The summed E-state index contributed by atoms with van der Waals surface area (Å²) in [4.78, 5) is 34.7. The van der Waals surface area contributed by atoms with Crippen LogP contribution in [0.15, 0.2) is 41.5 Å². The molecule has 0 fully saturated rings. The molecule has 0 saturated heterocycles. The van der Waals surface area contributed by atoms with E-state index in [1.54, 1.807) is 4.57 Å². The molecule has 0 spiro atoms. The van der Waals surface area contributed by atoms with Gasteiger partial charge >= 0.3 is 5.69 Å². The molecule has 1 amide bonds. The van der Waals surface area contributed by atoms with Crippen molar-refractivity contribution in [1.82, 2.24) is 19.1 Å². The lowest BCUT2D eigenvalue weighted by Gasteiger charge is -2.18. The predicted octanol–water partition coefficient (Wildman–Crippen LogP) is 4.42. The molecule has 0 bridgehead atoms. The molecule has 0 saturated carbocycles. The Balaban J connectivity index is 1.45. The summed E-state index contributed by atoms with van der Waals surface area (Å²) in [5.74, 6) is 1.79. The van der Waals surface area contributed by atoms with Crippen LogP contribution >= 0.6 is 0 Å². The van der Waals surface area contributed by atoms with Crippen molar-refractivity contribution in [1.29, 1.82) is 0 Å². The maximum Gasteiger partial charge on any atom is 0.328 e. The van der Waals surface area contributed by atoms with E-state index in [1.807, 2.05) is 50.7 Å². The van der Waals surface area contributed by atoms with Crippen molar-refractivity contribution in [2.75, 3.05) is 23.8 Å². The van der Waals surface area contributed by atoms with E-state index in [0.29, 0.717) is 31.3 Å². The second-order valence-corrected chi connectivity index (χ2v) is 10.5. The van der Waals surface area contributed by atoms with Crippen LogP contribution in [-0.2, 0) is 24.2 Å². The highest BCUT2D eigenvalue weighted by Crippen LogP contribution is 2.30. The molecule has 2 aromatic heterocycles. The van der Waals surface area contributed by atoms with Gasteiger partial charge in [-0.05, 0) is 43.4 Å². The third-order valence-electron chi connectivity index (χ3n) is 6.57. The van der Waals surface area contributed by atoms with Crippen molar-refractivity contribution in [3.05, 3.63) is 64.0 Å². The Kier molecular flexibility index (Phi) is 8.00. The lowest BCUT2D eigenvalue weighted by molar-refractivity contribution is -0.123. The van der Waals surface area contributed by atoms with Gasteiger partial charge in [-0.25, -0.2) is 9.78 Å². The molecule has 9 nitrogen and oxygen atoms in total. The number of fused-ring (bicyclic) bond motifs is 1. The van der Waals surface area contributed by atoms with E-state index in [9.17, 15) is 9.59 Å². The van der Waals surface area contributed by atoms with Crippen LogP contribution in [0, 0.1) is 5.41 Å². The minimum atomic E-state index is -0.527. The molecule has 0 aliphatic carbocycles. The molecule has 198 valence electrons. The van der Waals surface area contributed by atoms with E-state index in [0.717, 1.165) is 42.9 Å². The van der Waals surface area contributed by atoms with Gasteiger partial charge in [0.25, 0.3) is 0 Å². The van der Waals surface area contributed by atoms with Crippen LogP contribution in [0.3, 0.4) is 0 Å². The third-order valence-corrected chi connectivity index (χ3v) is 6.57. The van der Waals surface area contributed by atoms with Crippen LogP contribution in [0.4, 0.5) is 11.8 Å². The molecule has 37 heavy (non-hydrogen) atoms. The summed E-state index contributed by atoms with van der Waals surface area (Å²) < 4.78 is 9.30. The van der Waals surface area contributed by atoms with Crippen molar-refractivity contribution in [2.24, 2.45) is 5.41 Å². The Hall–Kier alpha value is -3.62. The van der Waals surface area contributed by atoms with Gasteiger partial charge in [-0.1, -0.05) is 39.8 Å². The number of aryl methyl sites for hydroxylation is 2. The van der Waals surface area contributed by atoms with Crippen molar-refractivity contribution in [2.45, 2.75) is 72.9 Å². The minimum absolute atomic E-state index is 0.0255. The summed E-state index contributed by atoms with van der Waals surface area (Å²) in [7, 11) is 0. The number of imidazole rings is 1. The first kappa shape index (κ1) is 26.4. The number of aromatic nitrogens is 4. The van der Waals surface area contributed by atoms with E-state index in [-0.39, 0.29) is 17.6 Å². The molecule has 1 unspecified atom stereocenters. The van der Waals surface area contributed by atoms with Gasteiger partial charge in [0.2, 0.25) is 11.9 Å². The van der Waals surface area contributed by atoms with Gasteiger partial charge in [0.1, 0.15) is 11.6 Å². The first-order chi connectivity index (χ1) is 17.7. The number of carbonyl (C=O) groups excluding carboxylic acids is 1. The van der Waals surface area contributed by atoms with Gasteiger partial charge < -0.3 is 15.4 Å². The largest absolute Gasteiger partial charge is 0.493 e. The number of carbonyl (C=O) groups is 1. The average Bonchev–Trinajstić information content (AvgIpc) is 3.46. The Morgan fingerprint density at radius 2 is 1.97 bits per heavy atom. The van der Waals surface area contributed by atoms with Crippen molar-refractivity contribution < 1.29 is 9.53 Å². The average molecular weight is 507 g/mol. The molecule has 9 heteroatoms. The standard InChI is InChI=1S/C28H38N6O3/c1-6-22(20-11-10-19-12-16-37-23(19)17-20)34-15-14-33(27(34)36)13-8-9-21-18-24(31-25(35)28(3,4)5)32-26(30-21)29-7-2/h10-11,14-15,17-18,22H,6-9,12-13,16H2,1-5H3,(H2,29,30,31,32,35). The van der Waals surface area contributed by atoms with E-state index < -0.39 is 5.41 Å². The van der Waals surface area contributed by atoms with Crippen LogP contribution in [0.2, 0.25) is 0 Å². The SMILES string of the molecule is CCNc1nc(CCCn2ccn(C(CC)c3ccc4c(c3)OCC4)c2=O)cc(NC(=O)C(C)(C)C)n1. The zero-order chi connectivity index (χ0) is 26.6. The quantitative estimate of drug-likeness (QED) is 0.422. The normalized spacial score (nSPS) is 13.6. The molecule has 1 aliphatic heterocycles. The minimum Gasteiger partial charge on any atom is -0.493 e. The van der Waals surface area contributed by atoms with E-state index in [2.05, 4.69) is 45.7 Å². The monoisotopic (exact) mass is 506 g/mol. The van der Waals surface area contributed by atoms with Gasteiger partial charge in [-0.3, -0.25) is 13.9 Å². The van der Waals surface area contributed by atoms with Crippen LogP contribution in [0.5, 0.6) is 5.75 Å². The maximum atomic E-state index is 13.2. The summed E-state index contributed by atoms with van der Waals surface area (Å²) in [6.45, 7) is 11.6. The first-order valence-electron chi connectivity index (χ1n) is 13.2. The molecule has 4 rings (SSSR count). The Labute approximate surface area is 218 Å². The number of nitrogens with one attached hydrogen (secondary N) is 2. The fourth-order valence-corrected chi connectivity index (χ4v) is 4.48. The van der Waals surface area contributed by atoms with E-state index >= 15 is 0 Å². The van der Waals surface area contributed by atoms with E-state index in [4.69, 9.17) is 4.74 Å². The number of rotatable bonds is 10. The molecule has 1 atom stereocenters. The summed E-state index contributed by atoms with van der Waals surface area (Å²) in [6, 6.07) is 8.07. The number of amides is 1. The summed E-state index contributed by atoms with van der Waals surface area (Å²) >= 11 is 0. The summed E-state index contributed by atoms with van der Waals surface area (Å²) in [5.41, 5.74) is 2.58. The Morgan fingerprint density at radius 3 is 2.70 bits per heavy atom. The highest BCUT2D eigenvalue weighted by molar-refractivity contribution is 5.93. The second kappa shape index (κ2) is 11.2. The predicted molar refractivity (Wildman–Crippen MR) is 145 cm³/mol.